The van der Waals surface area contributed by atoms with Gasteiger partial charge in [0.15, 0.2) is 6.10 Å². The average molecular weight is 970 g/mol. The van der Waals surface area contributed by atoms with Crippen LogP contribution in [-0.2, 0) is 28.6 Å². The summed E-state index contributed by atoms with van der Waals surface area (Å²) >= 11 is 0. The Morgan fingerprint density at radius 1 is 0.300 bits per heavy atom. The summed E-state index contributed by atoms with van der Waals surface area (Å²) in [6, 6.07) is 0. The van der Waals surface area contributed by atoms with Gasteiger partial charge in [-0.1, -0.05) is 232 Å². The molecular weight excluding hydrogens is 865 g/mol. The van der Waals surface area contributed by atoms with Gasteiger partial charge in [0.2, 0.25) is 0 Å². The van der Waals surface area contributed by atoms with Crippen molar-refractivity contribution in [3.05, 3.63) is 122 Å². The number of unbranched alkanes of at least 4 members (excludes halogenated alkanes) is 19. The van der Waals surface area contributed by atoms with Crippen molar-refractivity contribution in [1.82, 2.24) is 0 Å². The quantitative estimate of drug-likeness (QED) is 0.0262. The lowest BCUT2D eigenvalue weighted by Gasteiger charge is -2.18. The summed E-state index contributed by atoms with van der Waals surface area (Å²) in [5, 5.41) is 0. The third-order valence-corrected chi connectivity index (χ3v) is 11.7. The van der Waals surface area contributed by atoms with Crippen LogP contribution in [0.3, 0.4) is 0 Å². The van der Waals surface area contributed by atoms with E-state index >= 15 is 0 Å². The molecule has 0 saturated heterocycles. The second-order valence-corrected chi connectivity index (χ2v) is 18.4. The van der Waals surface area contributed by atoms with Gasteiger partial charge in [-0.25, -0.2) is 0 Å². The molecule has 0 radical (unpaired) electrons. The minimum Gasteiger partial charge on any atom is -0.462 e. The smallest absolute Gasteiger partial charge is 0.306 e. The first kappa shape index (κ1) is 65.8. The van der Waals surface area contributed by atoms with Crippen molar-refractivity contribution in [3.8, 4) is 0 Å². The first-order chi connectivity index (χ1) is 34.5. The van der Waals surface area contributed by atoms with Crippen molar-refractivity contribution in [1.29, 1.82) is 0 Å². The molecule has 0 aliphatic carbocycles. The van der Waals surface area contributed by atoms with E-state index in [4.69, 9.17) is 14.2 Å². The maximum Gasteiger partial charge on any atom is 0.306 e. The van der Waals surface area contributed by atoms with E-state index < -0.39 is 6.10 Å². The fourth-order valence-corrected chi connectivity index (χ4v) is 7.48. The van der Waals surface area contributed by atoms with Crippen LogP contribution in [0.4, 0.5) is 0 Å². The van der Waals surface area contributed by atoms with Crippen LogP contribution in [0, 0.1) is 0 Å². The van der Waals surface area contributed by atoms with Crippen LogP contribution in [-0.4, -0.2) is 37.2 Å². The summed E-state index contributed by atoms with van der Waals surface area (Å²) in [6.45, 7) is 6.32. The molecule has 0 amide bonds. The van der Waals surface area contributed by atoms with Crippen LogP contribution >= 0.6 is 0 Å². The highest BCUT2D eigenvalue weighted by molar-refractivity contribution is 5.71. The molecule has 1 unspecified atom stereocenters. The summed E-state index contributed by atoms with van der Waals surface area (Å²) in [5.41, 5.74) is 0. The molecule has 6 nitrogen and oxygen atoms in total. The Labute approximate surface area is 431 Å². The van der Waals surface area contributed by atoms with Crippen LogP contribution in [0.15, 0.2) is 122 Å². The molecule has 70 heavy (non-hydrogen) atoms. The van der Waals surface area contributed by atoms with Gasteiger partial charge in [-0.2, -0.15) is 0 Å². The van der Waals surface area contributed by atoms with Crippen LogP contribution in [0.1, 0.15) is 245 Å². The van der Waals surface area contributed by atoms with Crippen molar-refractivity contribution in [2.45, 2.75) is 252 Å². The highest BCUT2D eigenvalue weighted by atomic mass is 16.6. The summed E-state index contributed by atoms with van der Waals surface area (Å²) in [4.78, 5) is 38.1. The van der Waals surface area contributed by atoms with Gasteiger partial charge in [0.1, 0.15) is 13.2 Å². The zero-order valence-electron chi connectivity index (χ0n) is 45.2. The van der Waals surface area contributed by atoms with Gasteiger partial charge in [-0.15, -0.1) is 0 Å². The molecule has 1 atom stereocenters. The van der Waals surface area contributed by atoms with E-state index in [-0.39, 0.29) is 37.5 Å². The molecule has 0 N–H and O–H groups in total. The van der Waals surface area contributed by atoms with Gasteiger partial charge < -0.3 is 14.2 Å². The van der Waals surface area contributed by atoms with E-state index in [1.807, 2.05) is 12.2 Å². The lowest BCUT2D eigenvalue weighted by atomic mass is 10.1. The van der Waals surface area contributed by atoms with E-state index in [1.54, 1.807) is 0 Å². The normalized spacial score (nSPS) is 13.0. The van der Waals surface area contributed by atoms with E-state index in [9.17, 15) is 14.4 Å². The fraction of sp³-hybridized carbons (Fsp3) is 0.641. The molecule has 0 rings (SSSR count). The topological polar surface area (TPSA) is 78.9 Å². The minimum absolute atomic E-state index is 0.115. The number of allylic oxidation sites excluding steroid dienone is 20. The number of carbonyl (C=O) groups excluding carboxylic acids is 3. The Kier molecular flexibility index (Phi) is 54.0. The van der Waals surface area contributed by atoms with Gasteiger partial charge in [-0.05, 0) is 116 Å². The van der Waals surface area contributed by atoms with Gasteiger partial charge in [-0.3, -0.25) is 14.4 Å². The molecule has 6 heteroatoms. The van der Waals surface area contributed by atoms with Crippen LogP contribution in [0.5, 0.6) is 0 Å². The molecule has 0 bridgehead atoms. The van der Waals surface area contributed by atoms with Gasteiger partial charge in [0, 0.05) is 19.3 Å². The largest absolute Gasteiger partial charge is 0.462 e. The maximum atomic E-state index is 12.9. The standard InChI is InChI=1S/C64H104O6/c1-4-7-10-13-16-19-22-25-27-29-31-32-33-35-36-39-42-45-48-51-54-57-63(66)69-60-61(59-68-62(65)56-53-50-47-44-41-38-24-21-18-15-12-9-6-3)70-64(67)58-55-52-49-46-43-40-37-34-30-28-26-23-20-17-14-11-8-5-2/h7,9-10,12,16,18-19,21,25,27-28,30-32,35-36,38,41,47,50,61H,4-6,8,11,13-15,17,20,22-24,26,29,33-34,37,39-40,42-46,48-49,51-60H2,1-3H3/b10-7-,12-9-,19-16-,21-18-,27-25-,30-28-,32-31-,36-35-,41-38-,50-47-. The molecule has 0 aliphatic rings. The number of carbonyl (C=O) groups is 3. The SMILES string of the molecule is CC/C=C\C/C=C\C/C=C\C/C=C\C/C=C\CCCCCCCC(=O)OCC(COC(=O)CC/C=C\C/C=C\C/C=C\C/C=C\CC)OC(=O)CCCCCCCCC/C=C\CCCCCCCCC. The van der Waals surface area contributed by atoms with Gasteiger partial charge in [0.25, 0.3) is 0 Å². The second kappa shape index (κ2) is 57.4. The summed E-state index contributed by atoms with van der Waals surface area (Å²) in [5.74, 6) is -1.02. The van der Waals surface area contributed by atoms with Crippen LogP contribution < -0.4 is 0 Å². The van der Waals surface area contributed by atoms with Crippen LogP contribution in [0.25, 0.3) is 0 Å². The van der Waals surface area contributed by atoms with Gasteiger partial charge in [0.05, 0.1) is 0 Å². The maximum absolute atomic E-state index is 12.9. The van der Waals surface area contributed by atoms with Crippen LogP contribution in [0.2, 0.25) is 0 Å². The summed E-state index contributed by atoms with van der Waals surface area (Å²) in [6.07, 6.45) is 79.2. The third kappa shape index (κ3) is 54.7. The zero-order chi connectivity index (χ0) is 50.7. The highest BCUT2D eigenvalue weighted by Gasteiger charge is 2.19. The summed E-state index contributed by atoms with van der Waals surface area (Å²) in [7, 11) is 0. The summed E-state index contributed by atoms with van der Waals surface area (Å²) < 4.78 is 16.8. The molecule has 0 heterocycles. The minimum atomic E-state index is -0.821. The van der Waals surface area contributed by atoms with Crippen molar-refractivity contribution in [3.63, 3.8) is 0 Å². The van der Waals surface area contributed by atoms with E-state index in [1.165, 1.54) is 83.5 Å². The average Bonchev–Trinajstić information content (AvgIpc) is 3.36. The first-order valence-corrected chi connectivity index (χ1v) is 28.5. The number of hydrogen-bond acceptors (Lipinski definition) is 6. The van der Waals surface area contributed by atoms with Crippen molar-refractivity contribution < 1.29 is 28.6 Å². The highest BCUT2D eigenvalue weighted by Crippen LogP contribution is 2.14. The molecule has 0 saturated carbocycles. The van der Waals surface area contributed by atoms with Crippen molar-refractivity contribution in [2.24, 2.45) is 0 Å². The molecule has 396 valence electrons. The number of hydrogen-bond donors (Lipinski definition) is 0. The van der Waals surface area contributed by atoms with Crippen molar-refractivity contribution >= 4 is 17.9 Å². The molecular formula is C64H104O6. The van der Waals surface area contributed by atoms with E-state index in [0.29, 0.717) is 19.3 Å². The predicted molar refractivity (Wildman–Crippen MR) is 302 cm³/mol. The fourth-order valence-electron chi connectivity index (χ4n) is 7.48. The molecule has 0 aromatic rings. The lowest BCUT2D eigenvalue weighted by molar-refractivity contribution is -0.166. The molecule has 0 spiro atoms. The van der Waals surface area contributed by atoms with E-state index in [0.717, 1.165) is 116 Å². The molecule has 0 fully saturated rings. The molecule has 0 aromatic heterocycles. The Morgan fingerprint density at radius 2 is 0.586 bits per heavy atom. The number of rotatable bonds is 50. The Bertz CT molecular complexity index is 1490. The second-order valence-electron chi connectivity index (χ2n) is 18.4. The number of ether oxygens (including phenoxy) is 3. The Hall–Kier alpha value is -4.19. The van der Waals surface area contributed by atoms with Crippen molar-refractivity contribution in [2.75, 3.05) is 13.2 Å². The van der Waals surface area contributed by atoms with E-state index in [2.05, 4.69) is 130 Å². The Morgan fingerprint density at radius 3 is 0.971 bits per heavy atom. The number of esters is 3. The lowest BCUT2D eigenvalue weighted by Crippen LogP contribution is -2.30. The predicted octanol–water partition coefficient (Wildman–Crippen LogP) is 19.3. The molecule has 0 aromatic carbocycles. The third-order valence-electron chi connectivity index (χ3n) is 11.7. The molecule has 0 aliphatic heterocycles. The monoisotopic (exact) mass is 969 g/mol. The first-order valence-electron chi connectivity index (χ1n) is 28.5. The zero-order valence-corrected chi connectivity index (χ0v) is 45.2. The van der Waals surface area contributed by atoms with Gasteiger partial charge >= 0.3 is 17.9 Å². The Balaban J connectivity index is 4.48.